The van der Waals surface area contributed by atoms with Gasteiger partial charge >= 0.3 is 0 Å². The number of nitrogens with zero attached hydrogens (tertiary/aromatic N) is 1. The van der Waals surface area contributed by atoms with Gasteiger partial charge in [-0.15, -0.1) is 0 Å². The smallest absolute Gasteiger partial charge is 0.0705 e. The Morgan fingerprint density at radius 3 is 2.48 bits per heavy atom. The fraction of sp³-hybridized carbons (Fsp3) is 0.318. The molecule has 1 heterocycles. The predicted molar refractivity (Wildman–Crippen MR) is 99.0 cm³/mol. The molecule has 0 aliphatic rings. The van der Waals surface area contributed by atoms with Crippen LogP contribution in [0.4, 0.5) is 0 Å². The SMILES string of the molecule is C[C@H](Cc1ccc2ccccc2n1)c1cccc(C(C)(C)C)c1. The van der Waals surface area contributed by atoms with Gasteiger partial charge in [-0.2, -0.15) is 0 Å². The molecule has 0 aliphatic carbocycles. The Morgan fingerprint density at radius 2 is 1.70 bits per heavy atom. The van der Waals surface area contributed by atoms with Gasteiger partial charge in [0.25, 0.3) is 0 Å². The van der Waals surface area contributed by atoms with Crippen LogP contribution in [-0.2, 0) is 11.8 Å². The maximum atomic E-state index is 4.81. The highest BCUT2D eigenvalue weighted by Crippen LogP contribution is 2.27. The number of aromatic nitrogens is 1. The van der Waals surface area contributed by atoms with Crippen molar-refractivity contribution in [1.82, 2.24) is 4.98 Å². The summed E-state index contributed by atoms with van der Waals surface area (Å²) >= 11 is 0. The monoisotopic (exact) mass is 303 g/mol. The van der Waals surface area contributed by atoms with Crippen LogP contribution in [0.2, 0.25) is 0 Å². The second kappa shape index (κ2) is 6.16. The molecule has 2 aromatic carbocycles. The first kappa shape index (κ1) is 15.7. The number of fused-ring (bicyclic) bond motifs is 1. The van der Waals surface area contributed by atoms with E-state index in [0.29, 0.717) is 5.92 Å². The zero-order valence-corrected chi connectivity index (χ0v) is 14.5. The molecule has 0 fully saturated rings. The van der Waals surface area contributed by atoms with Crippen molar-refractivity contribution < 1.29 is 0 Å². The summed E-state index contributed by atoms with van der Waals surface area (Å²) in [6.07, 6.45) is 0.971. The average molecular weight is 303 g/mol. The molecule has 0 aliphatic heterocycles. The van der Waals surface area contributed by atoms with E-state index >= 15 is 0 Å². The second-order valence-corrected chi connectivity index (χ2v) is 7.48. The summed E-state index contributed by atoms with van der Waals surface area (Å²) < 4.78 is 0. The Balaban J connectivity index is 1.84. The lowest BCUT2D eigenvalue weighted by Crippen LogP contribution is -2.12. The Kier molecular flexibility index (Phi) is 4.21. The van der Waals surface area contributed by atoms with E-state index in [4.69, 9.17) is 4.98 Å². The summed E-state index contributed by atoms with van der Waals surface area (Å²) in [5.41, 5.74) is 5.23. The maximum Gasteiger partial charge on any atom is 0.0705 e. The number of hydrogen-bond donors (Lipinski definition) is 0. The summed E-state index contributed by atoms with van der Waals surface area (Å²) in [6, 6.07) is 21.6. The molecule has 118 valence electrons. The van der Waals surface area contributed by atoms with Gasteiger partial charge in [0, 0.05) is 11.1 Å². The highest BCUT2D eigenvalue weighted by molar-refractivity contribution is 5.78. The van der Waals surface area contributed by atoms with Crippen molar-refractivity contribution in [2.75, 3.05) is 0 Å². The van der Waals surface area contributed by atoms with Crippen molar-refractivity contribution in [3.8, 4) is 0 Å². The normalized spacial score (nSPS) is 13.2. The van der Waals surface area contributed by atoms with Crippen LogP contribution in [0, 0.1) is 0 Å². The Morgan fingerprint density at radius 1 is 0.913 bits per heavy atom. The Labute approximate surface area is 139 Å². The van der Waals surface area contributed by atoms with Crippen LogP contribution in [0.15, 0.2) is 60.7 Å². The first-order valence-electron chi connectivity index (χ1n) is 8.38. The Hall–Kier alpha value is -2.15. The lowest BCUT2D eigenvalue weighted by Gasteiger charge is -2.21. The van der Waals surface area contributed by atoms with Gasteiger partial charge in [-0.05, 0) is 41.0 Å². The number of hydrogen-bond acceptors (Lipinski definition) is 1. The van der Waals surface area contributed by atoms with Crippen molar-refractivity contribution >= 4 is 10.9 Å². The van der Waals surface area contributed by atoms with Gasteiger partial charge in [0.05, 0.1) is 5.52 Å². The van der Waals surface area contributed by atoms with Gasteiger partial charge in [0.1, 0.15) is 0 Å². The predicted octanol–water partition coefficient (Wildman–Crippen LogP) is 5.88. The molecule has 23 heavy (non-hydrogen) atoms. The minimum atomic E-state index is 0.191. The zero-order valence-electron chi connectivity index (χ0n) is 14.5. The van der Waals surface area contributed by atoms with Crippen LogP contribution >= 0.6 is 0 Å². The lowest BCUT2D eigenvalue weighted by atomic mass is 9.84. The fourth-order valence-electron chi connectivity index (χ4n) is 2.97. The molecule has 3 rings (SSSR count). The molecular weight excluding hydrogens is 278 g/mol. The molecule has 0 amide bonds. The van der Waals surface area contributed by atoms with E-state index in [9.17, 15) is 0 Å². The van der Waals surface area contributed by atoms with Gasteiger partial charge in [-0.25, -0.2) is 0 Å². The molecule has 0 saturated carbocycles. The molecule has 0 unspecified atom stereocenters. The third kappa shape index (κ3) is 3.61. The summed E-state index contributed by atoms with van der Waals surface area (Å²) in [4.78, 5) is 4.81. The molecule has 1 atom stereocenters. The third-order valence-electron chi connectivity index (χ3n) is 4.49. The number of benzene rings is 2. The topological polar surface area (TPSA) is 12.9 Å². The van der Waals surface area contributed by atoms with E-state index < -0.39 is 0 Å². The van der Waals surface area contributed by atoms with Crippen molar-refractivity contribution in [3.05, 3.63) is 77.5 Å². The maximum absolute atomic E-state index is 4.81. The van der Waals surface area contributed by atoms with Crippen LogP contribution in [0.25, 0.3) is 10.9 Å². The number of rotatable bonds is 3. The second-order valence-electron chi connectivity index (χ2n) is 7.48. The summed E-state index contributed by atoms with van der Waals surface area (Å²) in [5, 5.41) is 1.21. The molecule has 1 aromatic heterocycles. The minimum Gasteiger partial charge on any atom is -0.253 e. The highest BCUT2D eigenvalue weighted by atomic mass is 14.7. The molecule has 0 spiro atoms. The summed E-state index contributed by atoms with van der Waals surface area (Å²) in [6.45, 7) is 9.09. The van der Waals surface area contributed by atoms with E-state index in [0.717, 1.165) is 17.6 Å². The zero-order chi connectivity index (χ0) is 16.4. The van der Waals surface area contributed by atoms with Crippen molar-refractivity contribution in [2.24, 2.45) is 0 Å². The van der Waals surface area contributed by atoms with Gasteiger partial charge < -0.3 is 0 Å². The largest absolute Gasteiger partial charge is 0.253 e. The summed E-state index contributed by atoms with van der Waals surface area (Å²) in [5.74, 6) is 0.464. The van der Waals surface area contributed by atoms with E-state index in [1.807, 2.05) is 0 Å². The fourth-order valence-corrected chi connectivity index (χ4v) is 2.97. The van der Waals surface area contributed by atoms with E-state index in [2.05, 4.69) is 88.4 Å². The first-order chi connectivity index (χ1) is 10.9. The molecule has 0 N–H and O–H groups in total. The molecular formula is C22H25N. The molecule has 3 aromatic rings. The first-order valence-corrected chi connectivity index (χ1v) is 8.38. The van der Waals surface area contributed by atoms with Crippen molar-refractivity contribution in [1.29, 1.82) is 0 Å². The van der Waals surface area contributed by atoms with Crippen LogP contribution in [0.3, 0.4) is 0 Å². The summed E-state index contributed by atoms with van der Waals surface area (Å²) in [7, 11) is 0. The highest BCUT2D eigenvalue weighted by Gasteiger charge is 2.15. The van der Waals surface area contributed by atoms with E-state index in [1.165, 1.54) is 16.5 Å². The molecule has 1 heteroatoms. The van der Waals surface area contributed by atoms with Gasteiger partial charge in [0.2, 0.25) is 0 Å². The molecule has 0 saturated heterocycles. The van der Waals surface area contributed by atoms with E-state index in [-0.39, 0.29) is 5.41 Å². The Bertz CT molecular complexity index is 811. The number of pyridine rings is 1. The van der Waals surface area contributed by atoms with Crippen molar-refractivity contribution in [3.63, 3.8) is 0 Å². The van der Waals surface area contributed by atoms with Gasteiger partial charge in [-0.1, -0.05) is 76.2 Å². The van der Waals surface area contributed by atoms with Crippen LogP contribution in [0.5, 0.6) is 0 Å². The van der Waals surface area contributed by atoms with Gasteiger partial charge in [-0.3, -0.25) is 4.98 Å². The van der Waals surface area contributed by atoms with Gasteiger partial charge in [0.15, 0.2) is 0 Å². The molecule has 0 bridgehead atoms. The van der Waals surface area contributed by atoms with Crippen LogP contribution < -0.4 is 0 Å². The van der Waals surface area contributed by atoms with Crippen LogP contribution in [0.1, 0.15) is 50.4 Å². The average Bonchev–Trinajstić information content (AvgIpc) is 2.54. The third-order valence-corrected chi connectivity index (χ3v) is 4.49. The van der Waals surface area contributed by atoms with Crippen LogP contribution in [-0.4, -0.2) is 4.98 Å². The van der Waals surface area contributed by atoms with Crippen molar-refractivity contribution in [2.45, 2.75) is 45.4 Å². The molecule has 1 nitrogen and oxygen atoms in total. The molecule has 0 radical (unpaired) electrons. The standard InChI is InChI=1S/C22H25N/c1-16(18-9-7-10-19(15-18)22(2,3)4)14-20-13-12-17-8-5-6-11-21(17)23-20/h5-13,15-16H,14H2,1-4H3/t16-/m1/s1. The minimum absolute atomic E-state index is 0.191. The number of para-hydroxylation sites is 1. The quantitative estimate of drug-likeness (QED) is 0.589. The van der Waals surface area contributed by atoms with E-state index in [1.54, 1.807) is 0 Å². The lowest BCUT2D eigenvalue weighted by molar-refractivity contribution is 0.587.